The number of rotatable bonds is 3. The molecule has 0 unspecified atom stereocenters. The minimum absolute atomic E-state index is 0.0750. The van der Waals surface area contributed by atoms with Crippen LogP contribution in [0.15, 0.2) is 26.9 Å². The van der Waals surface area contributed by atoms with Crippen molar-refractivity contribution in [2.24, 2.45) is 5.73 Å². The Labute approximate surface area is 98.7 Å². The molecule has 2 aromatic rings. The number of aromatic nitrogens is 2. The summed E-state index contributed by atoms with van der Waals surface area (Å²) >= 11 is 2.15. The molecule has 0 bridgehead atoms. The number of hydrogen-bond acceptors (Lipinski definition) is 5. The molecule has 84 valence electrons. The van der Waals surface area contributed by atoms with Gasteiger partial charge in [0.1, 0.15) is 17.1 Å². The maximum Gasteiger partial charge on any atom is 0.179 e. The monoisotopic (exact) mass is 259 g/mol. The highest BCUT2D eigenvalue weighted by atomic mass is 32.2. The maximum atomic E-state index is 13.5. The van der Waals surface area contributed by atoms with Crippen LogP contribution in [0.1, 0.15) is 5.56 Å². The fourth-order valence-corrected chi connectivity index (χ4v) is 2.55. The second-order valence-electron chi connectivity index (χ2n) is 2.90. The molecule has 0 saturated heterocycles. The van der Waals surface area contributed by atoms with Crippen LogP contribution in [-0.4, -0.2) is 10.2 Å². The molecule has 1 aromatic heterocycles. The largest absolute Gasteiger partial charge is 0.326 e. The van der Waals surface area contributed by atoms with Gasteiger partial charge in [-0.1, -0.05) is 23.1 Å². The predicted molar refractivity (Wildman–Crippen MR) is 58.3 cm³/mol. The number of hydrogen-bond donors (Lipinski definition) is 1. The topological polar surface area (TPSA) is 51.8 Å². The van der Waals surface area contributed by atoms with E-state index in [1.54, 1.807) is 0 Å². The maximum absolute atomic E-state index is 13.5. The summed E-state index contributed by atoms with van der Waals surface area (Å²) in [4.78, 5) is -0.0750. The van der Waals surface area contributed by atoms with Gasteiger partial charge in [0.2, 0.25) is 0 Å². The van der Waals surface area contributed by atoms with Gasteiger partial charge in [-0.3, -0.25) is 0 Å². The van der Waals surface area contributed by atoms with Gasteiger partial charge in [0.15, 0.2) is 4.34 Å². The Hall–Kier alpha value is -1.05. The van der Waals surface area contributed by atoms with E-state index in [2.05, 4.69) is 10.2 Å². The van der Waals surface area contributed by atoms with E-state index in [9.17, 15) is 8.78 Å². The van der Waals surface area contributed by atoms with E-state index in [0.29, 0.717) is 9.90 Å². The van der Waals surface area contributed by atoms with Crippen LogP contribution in [0.2, 0.25) is 0 Å². The van der Waals surface area contributed by atoms with Crippen LogP contribution in [-0.2, 0) is 6.54 Å². The molecule has 0 aliphatic heterocycles. The SMILES string of the molecule is NCc1cc(F)c(Sc2nncs2)c(F)c1. The lowest BCUT2D eigenvalue weighted by Gasteiger charge is -2.04. The Bertz CT molecular complexity index is 464. The van der Waals surface area contributed by atoms with Crippen LogP contribution < -0.4 is 5.73 Å². The summed E-state index contributed by atoms with van der Waals surface area (Å²) in [6.45, 7) is 0.109. The van der Waals surface area contributed by atoms with Gasteiger partial charge >= 0.3 is 0 Å². The van der Waals surface area contributed by atoms with Gasteiger partial charge < -0.3 is 5.73 Å². The average molecular weight is 259 g/mol. The zero-order valence-corrected chi connectivity index (χ0v) is 9.62. The minimum atomic E-state index is -0.624. The molecule has 7 heteroatoms. The molecule has 1 heterocycles. The van der Waals surface area contributed by atoms with E-state index in [-0.39, 0.29) is 11.4 Å². The van der Waals surface area contributed by atoms with E-state index in [1.807, 2.05) is 0 Å². The van der Waals surface area contributed by atoms with Crippen LogP contribution in [0.4, 0.5) is 8.78 Å². The average Bonchev–Trinajstić information content (AvgIpc) is 2.75. The Kier molecular flexibility index (Phi) is 3.47. The van der Waals surface area contributed by atoms with Crippen LogP contribution >= 0.6 is 23.1 Å². The van der Waals surface area contributed by atoms with E-state index in [1.165, 1.54) is 29.0 Å². The second-order valence-corrected chi connectivity index (χ2v) is 4.99. The molecular weight excluding hydrogens is 252 g/mol. The molecule has 1 aromatic carbocycles. The van der Waals surface area contributed by atoms with Crippen molar-refractivity contribution in [3.05, 3.63) is 34.8 Å². The molecule has 0 aliphatic carbocycles. The highest BCUT2D eigenvalue weighted by Gasteiger charge is 2.13. The lowest BCUT2D eigenvalue weighted by atomic mass is 10.2. The summed E-state index contributed by atoms with van der Waals surface area (Å²) in [6.07, 6.45) is 0. The fourth-order valence-electron chi connectivity index (χ4n) is 1.12. The Morgan fingerprint density at radius 1 is 1.31 bits per heavy atom. The van der Waals surface area contributed by atoms with E-state index >= 15 is 0 Å². The minimum Gasteiger partial charge on any atom is -0.326 e. The van der Waals surface area contributed by atoms with E-state index in [4.69, 9.17) is 5.73 Å². The molecule has 0 fully saturated rings. The standard InChI is InChI=1S/C9H7F2N3S2/c10-6-1-5(3-12)2-7(11)8(6)16-9-14-13-4-15-9/h1-2,4H,3,12H2. The quantitative estimate of drug-likeness (QED) is 0.919. The summed E-state index contributed by atoms with van der Waals surface area (Å²) in [7, 11) is 0. The van der Waals surface area contributed by atoms with Crippen LogP contribution in [0, 0.1) is 11.6 Å². The van der Waals surface area contributed by atoms with Crippen molar-refractivity contribution in [2.75, 3.05) is 0 Å². The third kappa shape index (κ3) is 2.37. The smallest absolute Gasteiger partial charge is 0.179 e. The first-order valence-electron chi connectivity index (χ1n) is 4.32. The van der Waals surface area contributed by atoms with Crippen molar-refractivity contribution in [3.8, 4) is 0 Å². The van der Waals surface area contributed by atoms with E-state index in [0.717, 1.165) is 11.8 Å². The number of benzene rings is 1. The van der Waals surface area contributed by atoms with Crippen molar-refractivity contribution in [1.29, 1.82) is 0 Å². The van der Waals surface area contributed by atoms with Gasteiger partial charge in [-0.15, -0.1) is 10.2 Å². The lowest BCUT2D eigenvalue weighted by molar-refractivity contribution is 0.537. The lowest BCUT2D eigenvalue weighted by Crippen LogP contribution is -1.99. The van der Waals surface area contributed by atoms with Crippen molar-refractivity contribution in [1.82, 2.24) is 10.2 Å². The first kappa shape index (κ1) is 11.4. The predicted octanol–water partition coefficient (Wildman–Crippen LogP) is 2.43. The van der Waals surface area contributed by atoms with Gasteiger partial charge in [0.25, 0.3) is 0 Å². The Balaban J connectivity index is 2.34. The molecular formula is C9H7F2N3S2. The van der Waals surface area contributed by atoms with Crippen LogP contribution in [0.3, 0.4) is 0 Å². The number of nitrogens with two attached hydrogens (primary N) is 1. The summed E-state index contributed by atoms with van der Waals surface area (Å²) in [5.41, 5.74) is 7.25. The second kappa shape index (κ2) is 4.86. The summed E-state index contributed by atoms with van der Waals surface area (Å²) in [6, 6.07) is 2.46. The zero-order valence-electron chi connectivity index (χ0n) is 7.98. The van der Waals surface area contributed by atoms with Gasteiger partial charge in [-0.25, -0.2) is 8.78 Å². The van der Waals surface area contributed by atoms with Crippen molar-refractivity contribution in [2.45, 2.75) is 15.8 Å². The van der Waals surface area contributed by atoms with Gasteiger partial charge in [0, 0.05) is 6.54 Å². The number of halogens is 2. The molecule has 2 N–H and O–H groups in total. The van der Waals surface area contributed by atoms with Crippen LogP contribution in [0.5, 0.6) is 0 Å². The summed E-state index contributed by atoms with van der Waals surface area (Å²) in [5.74, 6) is -1.25. The molecule has 16 heavy (non-hydrogen) atoms. The van der Waals surface area contributed by atoms with Crippen LogP contribution in [0.25, 0.3) is 0 Å². The first-order valence-corrected chi connectivity index (χ1v) is 6.02. The molecule has 0 radical (unpaired) electrons. The number of nitrogens with zero attached hydrogens (tertiary/aromatic N) is 2. The third-order valence-electron chi connectivity index (χ3n) is 1.82. The normalized spacial score (nSPS) is 10.7. The third-order valence-corrected chi connectivity index (χ3v) is 3.70. The zero-order chi connectivity index (χ0) is 11.5. The fraction of sp³-hybridized carbons (Fsp3) is 0.111. The molecule has 0 saturated carbocycles. The summed E-state index contributed by atoms with van der Waals surface area (Å²) in [5, 5.41) is 7.30. The molecule has 3 nitrogen and oxygen atoms in total. The molecule has 0 amide bonds. The summed E-state index contributed by atoms with van der Waals surface area (Å²) < 4.78 is 27.6. The van der Waals surface area contributed by atoms with Crippen molar-refractivity contribution >= 4 is 23.1 Å². The van der Waals surface area contributed by atoms with Crippen molar-refractivity contribution in [3.63, 3.8) is 0 Å². The highest BCUT2D eigenvalue weighted by Crippen LogP contribution is 2.33. The first-order chi connectivity index (χ1) is 7.70. The Morgan fingerprint density at radius 3 is 2.50 bits per heavy atom. The molecule has 0 spiro atoms. The van der Waals surface area contributed by atoms with Gasteiger partial charge in [0.05, 0.1) is 4.90 Å². The van der Waals surface area contributed by atoms with Crippen molar-refractivity contribution < 1.29 is 8.78 Å². The highest BCUT2D eigenvalue weighted by molar-refractivity contribution is 8.01. The molecule has 0 aliphatic rings. The van der Waals surface area contributed by atoms with E-state index < -0.39 is 11.6 Å². The van der Waals surface area contributed by atoms with Gasteiger partial charge in [-0.2, -0.15) is 0 Å². The molecule has 0 atom stereocenters. The van der Waals surface area contributed by atoms with Gasteiger partial charge in [-0.05, 0) is 17.7 Å². The Morgan fingerprint density at radius 2 is 2.00 bits per heavy atom. The molecule has 2 rings (SSSR count).